The molecule has 4 nitrogen and oxygen atoms in total. The molecule has 0 radical (unpaired) electrons. The molecule has 2 bridgehead atoms. The lowest BCUT2D eigenvalue weighted by Crippen LogP contribution is -2.23. The molecule has 1 heterocycles. The molecule has 2 aromatic rings. The van der Waals surface area contributed by atoms with Gasteiger partial charge in [0.15, 0.2) is 11.5 Å². The summed E-state index contributed by atoms with van der Waals surface area (Å²) in [6.07, 6.45) is 7.29. The molecule has 1 amide bonds. The van der Waals surface area contributed by atoms with Crippen molar-refractivity contribution in [2.75, 3.05) is 12.4 Å². The first-order chi connectivity index (χ1) is 13.2. The van der Waals surface area contributed by atoms with Gasteiger partial charge in [-0.05, 0) is 67.4 Å². The van der Waals surface area contributed by atoms with Gasteiger partial charge in [0.05, 0.1) is 7.11 Å². The van der Waals surface area contributed by atoms with Gasteiger partial charge in [-0.3, -0.25) is 4.79 Å². The van der Waals surface area contributed by atoms with E-state index in [1.54, 1.807) is 7.11 Å². The van der Waals surface area contributed by atoms with Crippen LogP contribution in [0.15, 0.2) is 42.5 Å². The molecule has 1 aliphatic heterocycles. The molecule has 0 unspecified atom stereocenters. The Morgan fingerprint density at radius 3 is 2.74 bits per heavy atom. The predicted octanol–water partition coefficient (Wildman–Crippen LogP) is 4.76. The number of para-hydroxylation sites is 1. The second kappa shape index (κ2) is 6.45. The third-order valence-electron chi connectivity index (χ3n) is 6.16. The molecule has 1 N–H and O–H groups in total. The van der Waals surface area contributed by atoms with Crippen LogP contribution in [-0.2, 0) is 4.79 Å². The molecule has 2 saturated carbocycles. The van der Waals surface area contributed by atoms with E-state index in [1.807, 2.05) is 48.5 Å². The van der Waals surface area contributed by atoms with Gasteiger partial charge >= 0.3 is 0 Å². The number of benzene rings is 2. The van der Waals surface area contributed by atoms with Crippen molar-refractivity contribution in [3.63, 3.8) is 0 Å². The number of anilines is 1. The predicted molar refractivity (Wildman–Crippen MR) is 106 cm³/mol. The van der Waals surface area contributed by atoms with E-state index in [-0.39, 0.29) is 12.0 Å². The zero-order valence-corrected chi connectivity index (χ0v) is 15.4. The Balaban J connectivity index is 1.46. The number of hydrogen-bond acceptors (Lipinski definition) is 3. The van der Waals surface area contributed by atoms with Crippen LogP contribution in [0.3, 0.4) is 0 Å². The summed E-state index contributed by atoms with van der Waals surface area (Å²) in [5.41, 5.74) is 3.42. The number of ether oxygens (including phenoxy) is 2. The molecule has 4 heteroatoms. The van der Waals surface area contributed by atoms with E-state index in [2.05, 4.69) is 5.32 Å². The average molecular weight is 361 g/mol. The van der Waals surface area contributed by atoms with E-state index < -0.39 is 0 Å². The Morgan fingerprint density at radius 1 is 1.07 bits per heavy atom. The Kier molecular flexibility index (Phi) is 3.92. The van der Waals surface area contributed by atoms with Gasteiger partial charge < -0.3 is 14.8 Å². The summed E-state index contributed by atoms with van der Waals surface area (Å²) in [5, 5.41) is 2.92. The van der Waals surface area contributed by atoms with Gasteiger partial charge in [0, 0.05) is 16.8 Å². The quantitative estimate of drug-likeness (QED) is 0.799. The van der Waals surface area contributed by atoms with Crippen LogP contribution in [0.4, 0.5) is 5.69 Å². The molecule has 0 spiro atoms. The number of carbonyl (C=O) groups excluding carboxylic acids is 1. The summed E-state index contributed by atoms with van der Waals surface area (Å²) in [6, 6.07) is 13.6. The standard InChI is InChI=1S/C23H23NO3/c1-26-20-9-7-15(11-18-17-4-2-3-5-19(17)24-23(18)25)13-22(20)27-21-12-14-6-8-16(21)10-14/h2-5,7,9,11,13-14,16,21H,6,8,10,12H2,1H3,(H,24,25)/b18-11-/t14-,16+,21+/m1/s1. The zero-order chi connectivity index (χ0) is 18.4. The van der Waals surface area contributed by atoms with Gasteiger partial charge in [-0.25, -0.2) is 0 Å². The molecule has 3 atom stereocenters. The maximum absolute atomic E-state index is 12.4. The summed E-state index contributed by atoms with van der Waals surface area (Å²) < 4.78 is 11.9. The van der Waals surface area contributed by atoms with Crippen LogP contribution in [0.1, 0.15) is 36.8 Å². The van der Waals surface area contributed by atoms with Crippen LogP contribution in [-0.4, -0.2) is 19.1 Å². The van der Waals surface area contributed by atoms with E-state index in [9.17, 15) is 4.79 Å². The molecular formula is C23H23NO3. The molecule has 0 aromatic heterocycles. The highest BCUT2D eigenvalue weighted by molar-refractivity contribution is 6.34. The Labute approximate surface area is 159 Å². The minimum atomic E-state index is -0.0670. The number of nitrogens with one attached hydrogen (secondary N) is 1. The van der Waals surface area contributed by atoms with Gasteiger partial charge in [-0.15, -0.1) is 0 Å². The SMILES string of the molecule is COc1ccc(/C=C2\C(=O)Nc3ccccc32)cc1O[C@H]1C[C@@H]2CC[C@H]1C2. The summed E-state index contributed by atoms with van der Waals surface area (Å²) >= 11 is 0. The second-order valence-electron chi connectivity index (χ2n) is 7.80. The Morgan fingerprint density at radius 2 is 1.96 bits per heavy atom. The van der Waals surface area contributed by atoms with E-state index in [4.69, 9.17) is 9.47 Å². The number of fused-ring (bicyclic) bond motifs is 3. The highest BCUT2D eigenvalue weighted by atomic mass is 16.5. The Hall–Kier alpha value is -2.75. The van der Waals surface area contributed by atoms with Crippen molar-refractivity contribution in [3.05, 3.63) is 53.6 Å². The monoisotopic (exact) mass is 361 g/mol. The summed E-state index contributed by atoms with van der Waals surface area (Å²) in [7, 11) is 1.67. The first-order valence-electron chi connectivity index (χ1n) is 9.68. The van der Waals surface area contributed by atoms with Crippen molar-refractivity contribution < 1.29 is 14.3 Å². The Bertz CT molecular complexity index is 933. The number of amides is 1. The molecule has 2 fully saturated rings. The maximum Gasteiger partial charge on any atom is 0.256 e. The normalized spacial score (nSPS) is 26.9. The van der Waals surface area contributed by atoms with Crippen LogP contribution in [0.2, 0.25) is 0 Å². The smallest absolute Gasteiger partial charge is 0.256 e. The van der Waals surface area contributed by atoms with Gasteiger partial charge in [0.1, 0.15) is 6.10 Å². The van der Waals surface area contributed by atoms with Crippen LogP contribution in [0.5, 0.6) is 11.5 Å². The van der Waals surface area contributed by atoms with Gasteiger partial charge in [0.2, 0.25) is 0 Å². The van der Waals surface area contributed by atoms with E-state index in [0.29, 0.717) is 11.5 Å². The zero-order valence-electron chi connectivity index (χ0n) is 15.4. The average Bonchev–Trinajstić information content (AvgIpc) is 3.37. The maximum atomic E-state index is 12.4. The first-order valence-corrected chi connectivity index (χ1v) is 9.68. The fourth-order valence-electron chi connectivity index (χ4n) is 4.82. The van der Waals surface area contributed by atoms with Crippen molar-refractivity contribution in [1.29, 1.82) is 0 Å². The van der Waals surface area contributed by atoms with Crippen molar-refractivity contribution in [2.24, 2.45) is 11.8 Å². The lowest BCUT2D eigenvalue weighted by Gasteiger charge is -2.24. The molecule has 138 valence electrons. The fourth-order valence-corrected chi connectivity index (χ4v) is 4.82. The van der Waals surface area contributed by atoms with E-state index in [0.717, 1.165) is 40.7 Å². The fraction of sp³-hybridized carbons (Fsp3) is 0.348. The molecule has 5 rings (SSSR count). The summed E-state index contributed by atoms with van der Waals surface area (Å²) in [5.74, 6) is 2.96. The van der Waals surface area contributed by atoms with Gasteiger partial charge in [-0.1, -0.05) is 24.3 Å². The minimum absolute atomic E-state index is 0.0670. The minimum Gasteiger partial charge on any atom is -0.493 e. The number of carbonyl (C=O) groups is 1. The third-order valence-corrected chi connectivity index (χ3v) is 6.16. The van der Waals surface area contributed by atoms with Crippen molar-refractivity contribution in [3.8, 4) is 11.5 Å². The lowest BCUT2D eigenvalue weighted by molar-refractivity contribution is -0.110. The molecule has 27 heavy (non-hydrogen) atoms. The van der Waals surface area contributed by atoms with Crippen molar-refractivity contribution in [2.45, 2.75) is 31.8 Å². The number of rotatable bonds is 4. The topological polar surface area (TPSA) is 47.6 Å². The summed E-state index contributed by atoms with van der Waals surface area (Å²) in [6.45, 7) is 0. The molecule has 2 aromatic carbocycles. The van der Waals surface area contributed by atoms with Crippen LogP contribution >= 0.6 is 0 Å². The van der Waals surface area contributed by atoms with E-state index in [1.165, 1.54) is 19.3 Å². The van der Waals surface area contributed by atoms with Crippen molar-refractivity contribution >= 4 is 23.2 Å². The second-order valence-corrected chi connectivity index (χ2v) is 7.80. The summed E-state index contributed by atoms with van der Waals surface area (Å²) in [4.78, 5) is 12.4. The molecular weight excluding hydrogens is 338 g/mol. The molecule has 0 saturated heterocycles. The highest BCUT2D eigenvalue weighted by Crippen LogP contribution is 2.47. The molecule has 3 aliphatic rings. The number of methoxy groups -OCH3 is 1. The first kappa shape index (κ1) is 16.4. The van der Waals surface area contributed by atoms with Gasteiger partial charge in [0.25, 0.3) is 5.91 Å². The van der Waals surface area contributed by atoms with Crippen molar-refractivity contribution in [1.82, 2.24) is 0 Å². The van der Waals surface area contributed by atoms with Crippen LogP contribution in [0, 0.1) is 11.8 Å². The van der Waals surface area contributed by atoms with E-state index >= 15 is 0 Å². The highest BCUT2D eigenvalue weighted by Gasteiger charge is 2.41. The van der Waals surface area contributed by atoms with Crippen LogP contribution in [0.25, 0.3) is 11.6 Å². The largest absolute Gasteiger partial charge is 0.493 e. The lowest BCUT2D eigenvalue weighted by atomic mass is 9.97. The van der Waals surface area contributed by atoms with Crippen LogP contribution < -0.4 is 14.8 Å². The van der Waals surface area contributed by atoms with Gasteiger partial charge in [-0.2, -0.15) is 0 Å². The third kappa shape index (κ3) is 2.89. The number of hydrogen-bond donors (Lipinski definition) is 1. The molecule has 2 aliphatic carbocycles.